The first-order valence-corrected chi connectivity index (χ1v) is 8.34. The number of carbonyl (C=O) groups excluding carboxylic acids is 1. The van der Waals surface area contributed by atoms with Gasteiger partial charge in [0.05, 0.1) is 12.0 Å². The highest BCUT2D eigenvalue weighted by molar-refractivity contribution is 6.03. The number of aromatic amines is 1. The Bertz CT molecular complexity index is 939. The second-order valence-corrected chi connectivity index (χ2v) is 7.19. The van der Waals surface area contributed by atoms with Gasteiger partial charge in [0.15, 0.2) is 0 Å². The highest BCUT2D eigenvalue weighted by atomic mass is 16.5. The number of carbonyl (C=O) groups is 1. The van der Waals surface area contributed by atoms with E-state index in [1.165, 1.54) is 0 Å². The van der Waals surface area contributed by atoms with Crippen molar-refractivity contribution in [2.75, 3.05) is 18.2 Å². The molecule has 0 unspecified atom stereocenters. The minimum atomic E-state index is -0.412. The zero-order valence-electron chi connectivity index (χ0n) is 15.4. The number of nitrogen functional groups attached to an aromatic ring is 1. The Morgan fingerprint density at radius 1 is 1.23 bits per heavy atom. The molecule has 7 nitrogen and oxygen atoms in total. The molecule has 2 aromatic heterocycles. The van der Waals surface area contributed by atoms with Gasteiger partial charge in [-0.2, -0.15) is 0 Å². The maximum atomic E-state index is 12.5. The zero-order chi connectivity index (χ0) is 18.9. The summed E-state index contributed by atoms with van der Waals surface area (Å²) in [6, 6.07) is 7.39. The maximum Gasteiger partial charge on any atom is 0.293 e. The summed E-state index contributed by atoms with van der Waals surface area (Å²) in [5, 5.41) is 3.54. The molecular formula is C19H23N5O2. The summed E-state index contributed by atoms with van der Waals surface area (Å²) >= 11 is 0. The number of H-pyrrole nitrogens is 1. The van der Waals surface area contributed by atoms with Crippen LogP contribution in [0.3, 0.4) is 0 Å². The van der Waals surface area contributed by atoms with E-state index in [9.17, 15) is 4.79 Å². The number of anilines is 2. The molecule has 136 valence electrons. The van der Waals surface area contributed by atoms with Gasteiger partial charge in [0, 0.05) is 19.0 Å². The van der Waals surface area contributed by atoms with Gasteiger partial charge in [-0.25, -0.2) is 9.97 Å². The van der Waals surface area contributed by atoms with Gasteiger partial charge in [-0.3, -0.25) is 4.79 Å². The lowest BCUT2D eigenvalue weighted by atomic mass is 9.87. The Hall–Kier alpha value is -2.93. The molecule has 0 radical (unpaired) electrons. The summed E-state index contributed by atoms with van der Waals surface area (Å²) in [5.41, 5.74) is 9.26. The Morgan fingerprint density at radius 3 is 2.54 bits per heavy atom. The number of nitrogens with one attached hydrogen (secondary N) is 2. The minimum Gasteiger partial charge on any atom is -0.383 e. The molecule has 0 spiro atoms. The van der Waals surface area contributed by atoms with E-state index in [0.29, 0.717) is 23.8 Å². The molecule has 1 aromatic carbocycles. The van der Waals surface area contributed by atoms with E-state index in [0.717, 1.165) is 16.5 Å². The number of hydrogen-bond donors (Lipinski definition) is 3. The summed E-state index contributed by atoms with van der Waals surface area (Å²) in [5.74, 6) is -0.0926. The predicted molar refractivity (Wildman–Crippen MR) is 102 cm³/mol. The van der Waals surface area contributed by atoms with Gasteiger partial charge < -0.3 is 20.8 Å². The van der Waals surface area contributed by atoms with E-state index >= 15 is 0 Å². The van der Waals surface area contributed by atoms with E-state index in [2.05, 4.69) is 41.0 Å². The van der Waals surface area contributed by atoms with Gasteiger partial charge >= 0.3 is 0 Å². The smallest absolute Gasteiger partial charge is 0.293 e. The van der Waals surface area contributed by atoms with E-state index < -0.39 is 5.91 Å². The highest BCUT2D eigenvalue weighted by Crippen LogP contribution is 2.32. The van der Waals surface area contributed by atoms with Crippen molar-refractivity contribution < 1.29 is 9.53 Å². The van der Waals surface area contributed by atoms with Crippen LogP contribution >= 0.6 is 0 Å². The van der Waals surface area contributed by atoms with Crippen molar-refractivity contribution >= 4 is 28.4 Å². The maximum absolute atomic E-state index is 12.5. The van der Waals surface area contributed by atoms with E-state index in [1.54, 1.807) is 19.2 Å². The van der Waals surface area contributed by atoms with Crippen LogP contribution in [-0.2, 0) is 16.8 Å². The number of nitrogens with zero attached hydrogens (tertiary/aromatic N) is 2. The van der Waals surface area contributed by atoms with Crippen LogP contribution in [0.2, 0.25) is 0 Å². The molecule has 0 aliphatic rings. The first-order chi connectivity index (χ1) is 12.3. The van der Waals surface area contributed by atoms with E-state index in [4.69, 9.17) is 10.5 Å². The standard InChI is InChI=1S/C19H23N5O2/c1-19(2,3)13-9-21-16-14(13)15(20)23-17(24-16)18(25)22-12-7-5-11(6-8-12)10-26-4/h5-9H,10H2,1-4H3,(H,22,25)(H3,20,21,23,24). The SMILES string of the molecule is COCc1ccc(NC(=O)c2nc(N)c3c(C(C)(C)C)c[nH]c3n2)cc1. The molecule has 1 amide bonds. The molecule has 0 fully saturated rings. The normalized spacial score (nSPS) is 11.7. The summed E-state index contributed by atoms with van der Waals surface area (Å²) in [4.78, 5) is 24.1. The topological polar surface area (TPSA) is 106 Å². The second kappa shape index (κ2) is 6.76. The van der Waals surface area contributed by atoms with Crippen molar-refractivity contribution in [2.24, 2.45) is 0 Å². The van der Waals surface area contributed by atoms with E-state index in [1.807, 2.05) is 18.3 Å². The van der Waals surface area contributed by atoms with Crippen LogP contribution < -0.4 is 11.1 Å². The number of aromatic nitrogens is 3. The third kappa shape index (κ3) is 3.52. The zero-order valence-corrected chi connectivity index (χ0v) is 15.4. The van der Waals surface area contributed by atoms with Crippen molar-refractivity contribution in [3.63, 3.8) is 0 Å². The number of ether oxygens (including phenoxy) is 1. The number of hydrogen-bond acceptors (Lipinski definition) is 5. The lowest BCUT2D eigenvalue weighted by Gasteiger charge is -2.17. The van der Waals surface area contributed by atoms with Crippen LogP contribution in [0.4, 0.5) is 11.5 Å². The monoisotopic (exact) mass is 353 g/mol. The van der Waals surface area contributed by atoms with Crippen LogP contribution in [0, 0.1) is 0 Å². The van der Waals surface area contributed by atoms with Gasteiger partial charge in [0.2, 0.25) is 5.82 Å². The molecule has 0 atom stereocenters. The van der Waals surface area contributed by atoms with Crippen molar-refractivity contribution in [1.82, 2.24) is 15.0 Å². The summed E-state index contributed by atoms with van der Waals surface area (Å²) in [6.07, 6.45) is 1.87. The highest BCUT2D eigenvalue weighted by Gasteiger charge is 2.23. The van der Waals surface area contributed by atoms with Gasteiger partial charge in [0.25, 0.3) is 5.91 Å². The molecule has 7 heteroatoms. The Morgan fingerprint density at radius 2 is 1.92 bits per heavy atom. The number of rotatable bonds is 4. The van der Waals surface area contributed by atoms with Crippen molar-refractivity contribution in [1.29, 1.82) is 0 Å². The van der Waals surface area contributed by atoms with Crippen LogP contribution in [0.15, 0.2) is 30.5 Å². The Labute approximate surface area is 152 Å². The van der Waals surface area contributed by atoms with Gasteiger partial charge in [-0.1, -0.05) is 32.9 Å². The molecule has 3 aromatic rings. The molecule has 0 saturated carbocycles. The molecule has 26 heavy (non-hydrogen) atoms. The van der Waals surface area contributed by atoms with Crippen molar-refractivity contribution in [2.45, 2.75) is 32.8 Å². The third-order valence-electron chi connectivity index (χ3n) is 4.09. The Balaban J connectivity index is 1.87. The lowest BCUT2D eigenvalue weighted by molar-refractivity contribution is 0.101. The minimum absolute atomic E-state index is 0.0262. The number of fused-ring (bicyclic) bond motifs is 1. The van der Waals surface area contributed by atoms with Crippen LogP contribution in [-0.4, -0.2) is 28.0 Å². The molecule has 0 saturated heterocycles. The lowest BCUT2D eigenvalue weighted by Crippen LogP contribution is -2.17. The Kier molecular flexibility index (Phi) is 4.65. The molecule has 3 rings (SSSR count). The summed E-state index contributed by atoms with van der Waals surface area (Å²) < 4.78 is 5.07. The number of benzene rings is 1. The molecule has 0 aliphatic carbocycles. The fourth-order valence-corrected chi connectivity index (χ4v) is 2.79. The number of amides is 1. The average molecular weight is 353 g/mol. The fraction of sp³-hybridized carbons (Fsp3) is 0.316. The first kappa shape index (κ1) is 17.9. The van der Waals surface area contributed by atoms with Crippen LogP contribution in [0.1, 0.15) is 42.5 Å². The van der Waals surface area contributed by atoms with Crippen LogP contribution in [0.5, 0.6) is 0 Å². The molecule has 0 aliphatic heterocycles. The number of methoxy groups -OCH3 is 1. The molecule has 4 N–H and O–H groups in total. The summed E-state index contributed by atoms with van der Waals surface area (Å²) in [6.45, 7) is 6.78. The van der Waals surface area contributed by atoms with Gasteiger partial charge in [-0.05, 0) is 28.7 Å². The van der Waals surface area contributed by atoms with Crippen LogP contribution in [0.25, 0.3) is 11.0 Å². The molecule has 2 heterocycles. The quantitative estimate of drug-likeness (QED) is 0.668. The van der Waals surface area contributed by atoms with E-state index in [-0.39, 0.29) is 11.2 Å². The molecular weight excluding hydrogens is 330 g/mol. The van der Waals surface area contributed by atoms with Gasteiger partial charge in [-0.15, -0.1) is 0 Å². The number of nitrogens with two attached hydrogens (primary N) is 1. The predicted octanol–water partition coefficient (Wildman–Crippen LogP) is 3.24. The third-order valence-corrected chi connectivity index (χ3v) is 4.09. The van der Waals surface area contributed by atoms with Crippen molar-refractivity contribution in [3.8, 4) is 0 Å². The van der Waals surface area contributed by atoms with Crippen molar-refractivity contribution in [3.05, 3.63) is 47.4 Å². The first-order valence-electron chi connectivity index (χ1n) is 8.34. The second-order valence-electron chi connectivity index (χ2n) is 7.19. The summed E-state index contributed by atoms with van der Waals surface area (Å²) in [7, 11) is 1.64. The molecule has 0 bridgehead atoms. The largest absolute Gasteiger partial charge is 0.383 e. The fourth-order valence-electron chi connectivity index (χ4n) is 2.79. The average Bonchev–Trinajstić information content (AvgIpc) is 3.02. The van der Waals surface area contributed by atoms with Gasteiger partial charge in [0.1, 0.15) is 11.5 Å².